The number of esters is 1. The van der Waals surface area contributed by atoms with E-state index in [0.29, 0.717) is 18.6 Å². The molecule has 0 amide bonds. The number of ketones is 1. The Kier molecular flexibility index (Phi) is 5.40. The lowest BCUT2D eigenvalue weighted by Crippen LogP contribution is -2.05. The Balaban J connectivity index is 2.59. The molecule has 3 nitrogen and oxygen atoms in total. The van der Waals surface area contributed by atoms with Crippen molar-refractivity contribution in [2.75, 3.05) is 6.61 Å². The number of hydrogen-bond donors (Lipinski definition) is 0. The fourth-order valence-electron chi connectivity index (χ4n) is 1.61. The molecule has 1 aromatic carbocycles. The summed E-state index contributed by atoms with van der Waals surface area (Å²) in [6.45, 7) is 3.76. The fourth-order valence-corrected chi connectivity index (χ4v) is 1.61. The van der Waals surface area contributed by atoms with Crippen LogP contribution in [0.1, 0.15) is 42.6 Å². The highest BCUT2D eigenvalue weighted by atomic mass is 16.5. The highest BCUT2D eigenvalue weighted by Gasteiger charge is 2.06. The van der Waals surface area contributed by atoms with Gasteiger partial charge in [0.2, 0.25) is 0 Å². The number of Topliss-reactive ketones (excluding diaryl/α,β-unsaturated/α-hetero) is 1. The number of carbonyl (C=O) groups excluding carboxylic acids is 2. The van der Waals surface area contributed by atoms with Gasteiger partial charge in [-0.2, -0.15) is 0 Å². The van der Waals surface area contributed by atoms with E-state index in [1.165, 1.54) is 0 Å². The fraction of sp³-hybridized carbons (Fsp3) is 0.429. The minimum Gasteiger partial charge on any atom is -0.462 e. The summed E-state index contributed by atoms with van der Waals surface area (Å²) in [5, 5.41) is 0. The Morgan fingerprint density at radius 1 is 1.29 bits per heavy atom. The first-order chi connectivity index (χ1) is 8.13. The average Bonchev–Trinajstić information content (AvgIpc) is 2.29. The number of ether oxygens (including phenoxy) is 1. The van der Waals surface area contributed by atoms with Crippen molar-refractivity contribution in [2.24, 2.45) is 0 Å². The van der Waals surface area contributed by atoms with E-state index in [1.807, 2.05) is 18.2 Å². The van der Waals surface area contributed by atoms with Gasteiger partial charge in [-0.05, 0) is 44.4 Å². The molecule has 0 N–H and O–H groups in total. The topological polar surface area (TPSA) is 43.4 Å². The maximum atomic E-state index is 11.5. The molecule has 0 heterocycles. The van der Waals surface area contributed by atoms with Gasteiger partial charge in [0.15, 0.2) is 0 Å². The van der Waals surface area contributed by atoms with Gasteiger partial charge in [-0.15, -0.1) is 0 Å². The molecular formula is C14H18O3. The largest absolute Gasteiger partial charge is 0.462 e. The molecule has 0 spiro atoms. The third kappa shape index (κ3) is 4.81. The molecule has 1 aromatic rings. The summed E-state index contributed by atoms with van der Waals surface area (Å²) in [5.74, 6) is -0.0903. The predicted molar refractivity (Wildman–Crippen MR) is 66.0 cm³/mol. The smallest absolute Gasteiger partial charge is 0.338 e. The second-order valence-electron chi connectivity index (χ2n) is 3.98. The number of carbonyl (C=O) groups is 2. The third-order valence-corrected chi connectivity index (χ3v) is 2.43. The highest BCUT2D eigenvalue weighted by Crippen LogP contribution is 2.10. The second-order valence-corrected chi connectivity index (χ2v) is 3.98. The van der Waals surface area contributed by atoms with E-state index in [1.54, 1.807) is 19.9 Å². The van der Waals surface area contributed by atoms with E-state index in [2.05, 4.69) is 0 Å². The first-order valence-corrected chi connectivity index (χ1v) is 5.89. The molecule has 0 aliphatic heterocycles. The minimum absolute atomic E-state index is 0.201. The van der Waals surface area contributed by atoms with Crippen LogP contribution in [0.15, 0.2) is 24.3 Å². The summed E-state index contributed by atoms with van der Waals surface area (Å²) in [7, 11) is 0. The van der Waals surface area contributed by atoms with Gasteiger partial charge < -0.3 is 9.53 Å². The predicted octanol–water partition coefficient (Wildman–Crippen LogP) is 2.78. The van der Waals surface area contributed by atoms with Crippen LogP contribution in [0, 0.1) is 0 Å². The van der Waals surface area contributed by atoms with Crippen molar-refractivity contribution in [1.29, 1.82) is 0 Å². The summed E-state index contributed by atoms with van der Waals surface area (Å²) in [6.07, 6.45) is 2.22. The maximum absolute atomic E-state index is 11.5. The zero-order valence-corrected chi connectivity index (χ0v) is 10.4. The van der Waals surface area contributed by atoms with Crippen LogP contribution in [0.2, 0.25) is 0 Å². The molecule has 0 saturated carbocycles. The molecule has 92 valence electrons. The molecule has 0 bridgehead atoms. The normalized spacial score (nSPS) is 10.0. The summed E-state index contributed by atoms with van der Waals surface area (Å²) in [6, 6.07) is 7.38. The lowest BCUT2D eigenvalue weighted by molar-refractivity contribution is -0.117. The molecule has 1 rings (SSSR count). The van der Waals surface area contributed by atoms with E-state index in [4.69, 9.17) is 4.74 Å². The van der Waals surface area contributed by atoms with E-state index < -0.39 is 0 Å². The zero-order valence-electron chi connectivity index (χ0n) is 10.4. The molecule has 0 aromatic heterocycles. The standard InChI is InChI=1S/C14H18O3/c1-3-17-14(16)13-9-5-8-12(10-13)7-4-6-11(2)15/h5,8-10H,3-4,6-7H2,1-2H3. The highest BCUT2D eigenvalue weighted by molar-refractivity contribution is 5.89. The van der Waals surface area contributed by atoms with Crippen LogP contribution in [-0.2, 0) is 16.0 Å². The Labute approximate surface area is 102 Å². The van der Waals surface area contributed by atoms with Crippen molar-refractivity contribution in [2.45, 2.75) is 33.1 Å². The molecule has 0 radical (unpaired) electrons. The molecule has 0 aliphatic carbocycles. The number of benzene rings is 1. The van der Waals surface area contributed by atoms with Gasteiger partial charge in [-0.1, -0.05) is 12.1 Å². The molecule has 17 heavy (non-hydrogen) atoms. The number of aryl methyl sites for hydroxylation is 1. The van der Waals surface area contributed by atoms with Crippen molar-refractivity contribution in [1.82, 2.24) is 0 Å². The molecule has 0 aliphatic rings. The van der Waals surface area contributed by atoms with E-state index >= 15 is 0 Å². The van der Waals surface area contributed by atoms with Crippen molar-refractivity contribution in [3.63, 3.8) is 0 Å². The van der Waals surface area contributed by atoms with Crippen molar-refractivity contribution >= 4 is 11.8 Å². The molecular weight excluding hydrogens is 216 g/mol. The van der Waals surface area contributed by atoms with E-state index in [-0.39, 0.29) is 11.8 Å². The van der Waals surface area contributed by atoms with Gasteiger partial charge in [0.25, 0.3) is 0 Å². The van der Waals surface area contributed by atoms with Crippen LogP contribution in [0.4, 0.5) is 0 Å². The van der Waals surface area contributed by atoms with Crippen LogP contribution in [0.5, 0.6) is 0 Å². The third-order valence-electron chi connectivity index (χ3n) is 2.43. The zero-order chi connectivity index (χ0) is 12.7. The molecule has 0 fully saturated rings. The van der Waals surface area contributed by atoms with Gasteiger partial charge in [-0.3, -0.25) is 0 Å². The SMILES string of the molecule is CCOC(=O)c1cccc(CCCC(C)=O)c1. The quantitative estimate of drug-likeness (QED) is 0.711. The summed E-state index contributed by atoms with van der Waals surface area (Å²) in [4.78, 5) is 22.3. The van der Waals surface area contributed by atoms with Crippen LogP contribution >= 0.6 is 0 Å². The Hall–Kier alpha value is -1.64. The van der Waals surface area contributed by atoms with Crippen LogP contribution < -0.4 is 0 Å². The Morgan fingerprint density at radius 2 is 2.06 bits per heavy atom. The summed E-state index contributed by atoms with van der Waals surface area (Å²) >= 11 is 0. The maximum Gasteiger partial charge on any atom is 0.338 e. The van der Waals surface area contributed by atoms with Crippen molar-refractivity contribution in [3.8, 4) is 0 Å². The minimum atomic E-state index is -0.291. The lowest BCUT2D eigenvalue weighted by Gasteiger charge is -2.04. The van der Waals surface area contributed by atoms with Gasteiger partial charge in [0.05, 0.1) is 12.2 Å². The van der Waals surface area contributed by atoms with E-state index in [9.17, 15) is 9.59 Å². The number of rotatable bonds is 6. The first-order valence-electron chi connectivity index (χ1n) is 5.89. The van der Waals surface area contributed by atoms with Crippen molar-refractivity contribution in [3.05, 3.63) is 35.4 Å². The van der Waals surface area contributed by atoms with E-state index in [0.717, 1.165) is 18.4 Å². The van der Waals surface area contributed by atoms with Gasteiger partial charge in [0, 0.05) is 6.42 Å². The Morgan fingerprint density at radius 3 is 2.71 bits per heavy atom. The van der Waals surface area contributed by atoms with Crippen LogP contribution in [0.3, 0.4) is 0 Å². The Bertz CT molecular complexity index is 396. The summed E-state index contributed by atoms with van der Waals surface area (Å²) in [5.41, 5.74) is 1.64. The van der Waals surface area contributed by atoms with Crippen LogP contribution in [0.25, 0.3) is 0 Å². The number of hydrogen-bond acceptors (Lipinski definition) is 3. The van der Waals surface area contributed by atoms with Crippen LogP contribution in [-0.4, -0.2) is 18.4 Å². The first kappa shape index (κ1) is 13.4. The molecule has 3 heteroatoms. The van der Waals surface area contributed by atoms with Gasteiger partial charge >= 0.3 is 5.97 Å². The average molecular weight is 234 g/mol. The lowest BCUT2D eigenvalue weighted by atomic mass is 10.0. The second kappa shape index (κ2) is 6.84. The monoisotopic (exact) mass is 234 g/mol. The summed E-state index contributed by atoms with van der Waals surface area (Å²) < 4.78 is 4.93. The molecule has 0 atom stereocenters. The molecule has 0 unspecified atom stereocenters. The molecule has 0 saturated heterocycles. The van der Waals surface area contributed by atoms with Crippen molar-refractivity contribution < 1.29 is 14.3 Å². The van der Waals surface area contributed by atoms with Gasteiger partial charge in [-0.25, -0.2) is 4.79 Å². The van der Waals surface area contributed by atoms with Gasteiger partial charge in [0.1, 0.15) is 5.78 Å².